The molecule has 30 heavy (non-hydrogen) atoms. The molecule has 0 radical (unpaired) electrons. The zero-order chi connectivity index (χ0) is 21.7. The van der Waals surface area contributed by atoms with Crippen LogP contribution < -0.4 is 5.32 Å². The monoisotopic (exact) mass is 414 g/mol. The van der Waals surface area contributed by atoms with Gasteiger partial charge in [-0.25, -0.2) is 13.6 Å². The van der Waals surface area contributed by atoms with E-state index in [1.807, 2.05) is 0 Å². The molecule has 0 saturated carbocycles. The number of nitrogens with one attached hydrogen (secondary N) is 1. The van der Waals surface area contributed by atoms with Crippen molar-refractivity contribution in [3.8, 4) is 0 Å². The number of carbonyl (C=O) groups excluding carboxylic acids is 3. The number of anilines is 1. The SMILES string of the molecule is COC(=O)N1CCC(C=O)=C(c2ccc(NC(=O)c3c(F)cccc3F)cc2)CC1. The van der Waals surface area contributed by atoms with E-state index in [0.29, 0.717) is 37.2 Å². The standard InChI is InChI=1S/C22H20F2N2O4/c1-30-22(29)26-11-9-15(13-27)17(10-12-26)14-5-7-16(8-6-14)25-21(28)20-18(23)3-2-4-19(20)24/h2-8,13H,9-12H2,1H3,(H,25,28). The minimum atomic E-state index is -0.946. The van der Waals surface area contributed by atoms with Crippen LogP contribution in [0.25, 0.3) is 5.57 Å². The number of hydrogen-bond acceptors (Lipinski definition) is 4. The Bertz CT molecular complexity index is 982. The van der Waals surface area contributed by atoms with E-state index in [1.54, 1.807) is 24.3 Å². The second kappa shape index (κ2) is 9.30. The lowest BCUT2D eigenvalue weighted by molar-refractivity contribution is -0.105. The fraction of sp³-hybridized carbons (Fsp3) is 0.227. The second-order valence-corrected chi connectivity index (χ2v) is 6.71. The molecule has 1 aliphatic heterocycles. The van der Waals surface area contributed by atoms with Gasteiger partial charge >= 0.3 is 6.09 Å². The summed E-state index contributed by atoms with van der Waals surface area (Å²) in [5, 5.41) is 2.46. The summed E-state index contributed by atoms with van der Waals surface area (Å²) in [5.41, 5.74) is 1.85. The third-order valence-corrected chi connectivity index (χ3v) is 4.93. The normalized spacial score (nSPS) is 14.2. The van der Waals surface area contributed by atoms with E-state index in [4.69, 9.17) is 4.74 Å². The van der Waals surface area contributed by atoms with Crippen LogP contribution in [0.15, 0.2) is 48.0 Å². The third-order valence-electron chi connectivity index (χ3n) is 4.93. The highest BCUT2D eigenvalue weighted by Crippen LogP contribution is 2.28. The van der Waals surface area contributed by atoms with Gasteiger partial charge in [0.15, 0.2) is 0 Å². The average Bonchev–Trinajstić information content (AvgIpc) is 2.96. The molecule has 2 aromatic carbocycles. The molecule has 8 heteroatoms. The van der Waals surface area contributed by atoms with E-state index in [9.17, 15) is 23.2 Å². The van der Waals surface area contributed by atoms with Crippen LogP contribution >= 0.6 is 0 Å². The molecule has 0 unspecified atom stereocenters. The Labute approximate surface area is 172 Å². The fourth-order valence-corrected chi connectivity index (χ4v) is 3.36. The maximum atomic E-state index is 13.8. The minimum Gasteiger partial charge on any atom is -0.453 e. The zero-order valence-electron chi connectivity index (χ0n) is 16.3. The van der Waals surface area contributed by atoms with Gasteiger partial charge in [-0.05, 0) is 53.8 Å². The number of hydrogen-bond donors (Lipinski definition) is 1. The first-order valence-corrected chi connectivity index (χ1v) is 9.30. The van der Waals surface area contributed by atoms with Crippen LogP contribution in [0.4, 0.5) is 19.3 Å². The van der Waals surface area contributed by atoms with Crippen molar-refractivity contribution >= 4 is 29.5 Å². The molecule has 0 aromatic heterocycles. The molecular formula is C22H20F2N2O4. The van der Waals surface area contributed by atoms with Crippen molar-refractivity contribution in [2.24, 2.45) is 0 Å². The molecule has 2 amide bonds. The highest BCUT2D eigenvalue weighted by atomic mass is 19.1. The van der Waals surface area contributed by atoms with Gasteiger partial charge in [-0.3, -0.25) is 9.59 Å². The van der Waals surface area contributed by atoms with E-state index in [0.717, 1.165) is 29.6 Å². The van der Waals surface area contributed by atoms with Crippen molar-refractivity contribution in [1.82, 2.24) is 4.90 Å². The van der Waals surface area contributed by atoms with Crippen LogP contribution in [0.3, 0.4) is 0 Å². The molecule has 2 aromatic rings. The van der Waals surface area contributed by atoms with E-state index in [2.05, 4.69) is 5.32 Å². The lowest BCUT2D eigenvalue weighted by Crippen LogP contribution is -2.31. The van der Waals surface area contributed by atoms with Gasteiger partial charge in [0.05, 0.1) is 7.11 Å². The summed E-state index contributed by atoms with van der Waals surface area (Å²) in [5.74, 6) is -2.79. The quantitative estimate of drug-likeness (QED) is 0.767. The van der Waals surface area contributed by atoms with Crippen LogP contribution in [-0.4, -0.2) is 43.4 Å². The molecule has 0 aliphatic carbocycles. The molecule has 0 spiro atoms. The molecule has 156 valence electrons. The first-order valence-electron chi connectivity index (χ1n) is 9.30. The number of rotatable bonds is 4. The Balaban J connectivity index is 1.77. The lowest BCUT2D eigenvalue weighted by atomic mass is 9.96. The average molecular weight is 414 g/mol. The summed E-state index contributed by atoms with van der Waals surface area (Å²) in [4.78, 5) is 37.1. The Hall–Kier alpha value is -3.55. The summed E-state index contributed by atoms with van der Waals surface area (Å²) < 4.78 is 32.3. The summed E-state index contributed by atoms with van der Waals surface area (Å²) >= 11 is 0. The number of aldehydes is 1. The Morgan fingerprint density at radius 3 is 2.27 bits per heavy atom. The number of amides is 2. The largest absolute Gasteiger partial charge is 0.453 e. The van der Waals surface area contributed by atoms with Crippen molar-refractivity contribution in [2.45, 2.75) is 12.8 Å². The van der Waals surface area contributed by atoms with Crippen molar-refractivity contribution < 1.29 is 27.9 Å². The highest BCUT2D eigenvalue weighted by Gasteiger charge is 2.21. The summed E-state index contributed by atoms with van der Waals surface area (Å²) in [6.07, 6.45) is 1.21. The molecule has 0 atom stereocenters. The third kappa shape index (κ3) is 4.53. The maximum absolute atomic E-state index is 13.8. The molecular weight excluding hydrogens is 394 g/mol. The number of benzene rings is 2. The molecule has 1 heterocycles. The van der Waals surface area contributed by atoms with Gasteiger partial charge in [-0.2, -0.15) is 0 Å². The molecule has 0 fully saturated rings. The van der Waals surface area contributed by atoms with Crippen LogP contribution in [0.5, 0.6) is 0 Å². The summed E-state index contributed by atoms with van der Waals surface area (Å²) in [7, 11) is 1.31. The van der Waals surface area contributed by atoms with Crippen molar-refractivity contribution in [3.63, 3.8) is 0 Å². The summed E-state index contributed by atoms with van der Waals surface area (Å²) in [6, 6.07) is 9.80. The molecule has 1 N–H and O–H groups in total. The zero-order valence-corrected chi connectivity index (χ0v) is 16.3. The number of ether oxygens (including phenoxy) is 1. The van der Waals surface area contributed by atoms with E-state index < -0.39 is 29.2 Å². The fourth-order valence-electron chi connectivity index (χ4n) is 3.36. The van der Waals surface area contributed by atoms with Crippen LogP contribution in [-0.2, 0) is 9.53 Å². The molecule has 3 rings (SSSR count). The molecule has 0 saturated heterocycles. The Morgan fingerprint density at radius 1 is 1.03 bits per heavy atom. The van der Waals surface area contributed by atoms with Gasteiger partial charge in [-0.15, -0.1) is 0 Å². The predicted octanol–water partition coefficient (Wildman–Crippen LogP) is 4.03. The van der Waals surface area contributed by atoms with Crippen LogP contribution in [0.1, 0.15) is 28.8 Å². The molecule has 1 aliphatic rings. The minimum absolute atomic E-state index is 0.351. The van der Waals surface area contributed by atoms with E-state index >= 15 is 0 Å². The van der Waals surface area contributed by atoms with Crippen molar-refractivity contribution in [2.75, 3.05) is 25.5 Å². The van der Waals surface area contributed by atoms with Crippen LogP contribution in [0, 0.1) is 11.6 Å². The first kappa shape index (κ1) is 21.2. The highest BCUT2D eigenvalue weighted by molar-refractivity contribution is 6.04. The first-order chi connectivity index (χ1) is 14.4. The predicted molar refractivity (Wildman–Crippen MR) is 107 cm³/mol. The van der Waals surface area contributed by atoms with Crippen LogP contribution in [0.2, 0.25) is 0 Å². The number of nitrogens with zero attached hydrogens (tertiary/aromatic N) is 1. The van der Waals surface area contributed by atoms with E-state index in [1.165, 1.54) is 18.1 Å². The Morgan fingerprint density at radius 2 is 1.67 bits per heavy atom. The lowest BCUT2D eigenvalue weighted by Gasteiger charge is -2.18. The van der Waals surface area contributed by atoms with Gasteiger partial charge < -0.3 is 15.0 Å². The molecule has 0 bridgehead atoms. The van der Waals surface area contributed by atoms with Crippen molar-refractivity contribution in [3.05, 3.63) is 70.8 Å². The van der Waals surface area contributed by atoms with Gasteiger partial charge in [0.2, 0.25) is 0 Å². The number of methoxy groups -OCH3 is 1. The van der Waals surface area contributed by atoms with E-state index in [-0.39, 0.29) is 0 Å². The number of halogens is 2. The van der Waals surface area contributed by atoms with Gasteiger partial charge in [0, 0.05) is 18.8 Å². The van der Waals surface area contributed by atoms with Crippen molar-refractivity contribution in [1.29, 1.82) is 0 Å². The van der Waals surface area contributed by atoms with Gasteiger partial charge in [-0.1, -0.05) is 18.2 Å². The van der Waals surface area contributed by atoms with Gasteiger partial charge in [0.1, 0.15) is 23.5 Å². The summed E-state index contributed by atoms with van der Waals surface area (Å²) in [6.45, 7) is 0.789. The number of carbonyl (C=O) groups is 3. The topological polar surface area (TPSA) is 75.7 Å². The molecule has 6 nitrogen and oxygen atoms in total. The van der Waals surface area contributed by atoms with Gasteiger partial charge in [0.25, 0.3) is 5.91 Å². The maximum Gasteiger partial charge on any atom is 0.409 e. The smallest absolute Gasteiger partial charge is 0.409 e. The Kier molecular flexibility index (Phi) is 6.56. The second-order valence-electron chi connectivity index (χ2n) is 6.71.